The van der Waals surface area contributed by atoms with Gasteiger partial charge in [0.05, 0.1) is 30.9 Å². The normalized spacial score (nSPS) is 11.0. The molecule has 1 aromatic carbocycles. The quantitative estimate of drug-likeness (QED) is 0.541. The number of pyridine rings is 2. The number of benzene rings is 1. The van der Waals surface area contributed by atoms with Crippen molar-refractivity contribution in [3.05, 3.63) is 76.6 Å². The van der Waals surface area contributed by atoms with E-state index < -0.39 is 0 Å². The van der Waals surface area contributed by atoms with Crippen molar-refractivity contribution in [2.45, 2.75) is 19.4 Å². The lowest BCUT2D eigenvalue weighted by Crippen LogP contribution is -2.25. The minimum atomic E-state index is -0.187. The molecule has 3 heterocycles. The molecule has 0 spiro atoms. The number of nitrogens with one attached hydrogen (secondary N) is 2. The number of ether oxygens (including phenoxy) is 1. The standard InChI is InChI=1S/C21H20N4O3/c1-28-17-7-5-14-10-15(21(27)24-18(14)11-17)6-8-20(26)23-13-19-22-12-16-4-2-3-9-25(16)19/h2-5,7,9-12H,6,8,13H2,1H3,(H,23,26)(H,24,27). The van der Waals surface area contributed by atoms with Crippen LogP contribution < -0.4 is 15.6 Å². The van der Waals surface area contributed by atoms with Crippen molar-refractivity contribution in [3.8, 4) is 5.75 Å². The summed E-state index contributed by atoms with van der Waals surface area (Å²) >= 11 is 0. The Hall–Kier alpha value is -3.61. The fourth-order valence-electron chi connectivity index (χ4n) is 3.18. The minimum absolute atomic E-state index is 0.123. The summed E-state index contributed by atoms with van der Waals surface area (Å²) in [6, 6.07) is 13.1. The average molecular weight is 376 g/mol. The highest BCUT2D eigenvalue weighted by molar-refractivity contribution is 5.81. The number of imidazole rings is 1. The predicted molar refractivity (Wildman–Crippen MR) is 106 cm³/mol. The van der Waals surface area contributed by atoms with Crippen LogP contribution in [0, 0.1) is 0 Å². The number of aromatic amines is 1. The summed E-state index contributed by atoms with van der Waals surface area (Å²) in [6.07, 6.45) is 4.28. The molecular weight excluding hydrogens is 356 g/mol. The van der Waals surface area contributed by atoms with E-state index in [-0.39, 0.29) is 17.9 Å². The van der Waals surface area contributed by atoms with Gasteiger partial charge in [-0.2, -0.15) is 0 Å². The van der Waals surface area contributed by atoms with Gasteiger partial charge in [-0.1, -0.05) is 6.07 Å². The SMILES string of the molecule is COc1ccc2cc(CCC(=O)NCc3ncc4ccccn34)c(=O)[nH]c2c1. The molecule has 1 amide bonds. The maximum absolute atomic E-state index is 12.3. The summed E-state index contributed by atoms with van der Waals surface area (Å²) < 4.78 is 7.11. The third kappa shape index (κ3) is 3.59. The van der Waals surface area contributed by atoms with Crippen LogP contribution in [0.3, 0.4) is 0 Å². The Morgan fingerprint density at radius 2 is 2.14 bits per heavy atom. The first kappa shape index (κ1) is 17.8. The smallest absolute Gasteiger partial charge is 0.251 e. The molecule has 7 nitrogen and oxygen atoms in total. The summed E-state index contributed by atoms with van der Waals surface area (Å²) in [7, 11) is 1.58. The second-order valence-electron chi connectivity index (χ2n) is 6.52. The van der Waals surface area contributed by atoms with Gasteiger partial charge in [-0.25, -0.2) is 4.98 Å². The fourth-order valence-corrected chi connectivity index (χ4v) is 3.18. The summed E-state index contributed by atoms with van der Waals surface area (Å²) in [5, 5.41) is 3.77. The Labute approximate surface area is 161 Å². The van der Waals surface area contributed by atoms with Crippen LogP contribution in [-0.4, -0.2) is 27.4 Å². The highest BCUT2D eigenvalue weighted by Crippen LogP contribution is 2.18. The maximum Gasteiger partial charge on any atom is 0.251 e. The average Bonchev–Trinajstić information content (AvgIpc) is 3.13. The number of carbonyl (C=O) groups excluding carboxylic acids is 1. The van der Waals surface area contributed by atoms with Gasteiger partial charge in [0.25, 0.3) is 5.56 Å². The van der Waals surface area contributed by atoms with Crippen molar-refractivity contribution in [1.29, 1.82) is 0 Å². The minimum Gasteiger partial charge on any atom is -0.497 e. The predicted octanol–water partition coefficient (Wildman–Crippen LogP) is 2.43. The number of hydrogen-bond acceptors (Lipinski definition) is 4. The van der Waals surface area contributed by atoms with Crippen molar-refractivity contribution in [1.82, 2.24) is 19.7 Å². The first-order valence-corrected chi connectivity index (χ1v) is 9.01. The van der Waals surface area contributed by atoms with Crippen molar-refractivity contribution in [2.24, 2.45) is 0 Å². The molecule has 0 radical (unpaired) electrons. The van der Waals surface area contributed by atoms with Gasteiger partial charge in [0.1, 0.15) is 11.6 Å². The van der Waals surface area contributed by atoms with Gasteiger partial charge in [-0.05, 0) is 42.1 Å². The van der Waals surface area contributed by atoms with E-state index in [1.807, 2.05) is 47.0 Å². The summed E-state index contributed by atoms with van der Waals surface area (Å²) in [5.41, 5.74) is 2.08. The van der Waals surface area contributed by atoms with Crippen LogP contribution in [0.5, 0.6) is 5.75 Å². The molecule has 28 heavy (non-hydrogen) atoms. The number of fused-ring (bicyclic) bond motifs is 2. The third-order valence-electron chi connectivity index (χ3n) is 4.71. The van der Waals surface area contributed by atoms with E-state index in [0.29, 0.717) is 29.8 Å². The number of carbonyl (C=O) groups is 1. The Kier molecular flexibility index (Phi) is 4.80. The Morgan fingerprint density at radius 1 is 1.25 bits per heavy atom. The molecule has 0 saturated heterocycles. The second-order valence-corrected chi connectivity index (χ2v) is 6.52. The van der Waals surface area contributed by atoms with Gasteiger partial charge in [0, 0.05) is 24.2 Å². The molecule has 7 heteroatoms. The fraction of sp³-hybridized carbons (Fsp3) is 0.190. The van der Waals surface area contributed by atoms with Gasteiger partial charge in [0.2, 0.25) is 5.91 Å². The van der Waals surface area contributed by atoms with Gasteiger partial charge >= 0.3 is 0 Å². The first-order chi connectivity index (χ1) is 13.6. The largest absolute Gasteiger partial charge is 0.497 e. The van der Waals surface area contributed by atoms with Crippen molar-refractivity contribution in [3.63, 3.8) is 0 Å². The van der Waals surface area contributed by atoms with E-state index in [1.165, 1.54) is 0 Å². The van der Waals surface area contributed by atoms with Crippen LogP contribution in [0.1, 0.15) is 17.8 Å². The topological polar surface area (TPSA) is 88.5 Å². The third-order valence-corrected chi connectivity index (χ3v) is 4.71. The zero-order valence-corrected chi connectivity index (χ0v) is 15.4. The first-order valence-electron chi connectivity index (χ1n) is 9.01. The molecule has 2 N–H and O–H groups in total. The molecule has 0 bridgehead atoms. The van der Waals surface area contributed by atoms with Gasteiger partial charge < -0.3 is 19.4 Å². The molecule has 0 aliphatic heterocycles. The van der Waals surface area contributed by atoms with Crippen LogP contribution in [-0.2, 0) is 17.8 Å². The number of methoxy groups -OCH3 is 1. The number of H-pyrrole nitrogens is 1. The number of nitrogens with zero attached hydrogens (tertiary/aromatic N) is 2. The van der Waals surface area contributed by atoms with E-state index in [2.05, 4.69) is 15.3 Å². The van der Waals surface area contributed by atoms with Crippen LogP contribution >= 0.6 is 0 Å². The Morgan fingerprint density at radius 3 is 3.00 bits per heavy atom. The lowest BCUT2D eigenvalue weighted by Gasteiger charge is -2.07. The molecule has 142 valence electrons. The van der Waals surface area contributed by atoms with Gasteiger partial charge in [-0.15, -0.1) is 0 Å². The lowest BCUT2D eigenvalue weighted by molar-refractivity contribution is -0.121. The maximum atomic E-state index is 12.3. The summed E-state index contributed by atoms with van der Waals surface area (Å²) in [6.45, 7) is 0.338. The zero-order chi connectivity index (χ0) is 19.5. The number of hydrogen-bond donors (Lipinski definition) is 2. The highest BCUT2D eigenvalue weighted by atomic mass is 16.5. The molecule has 0 aliphatic carbocycles. The molecule has 3 aromatic heterocycles. The van der Waals surface area contributed by atoms with Crippen molar-refractivity contribution in [2.75, 3.05) is 7.11 Å². The molecule has 0 atom stereocenters. The number of rotatable bonds is 6. The molecule has 0 unspecified atom stereocenters. The Balaban J connectivity index is 1.40. The summed E-state index contributed by atoms with van der Waals surface area (Å²) in [5.74, 6) is 1.32. The zero-order valence-electron chi connectivity index (χ0n) is 15.4. The molecule has 0 saturated carbocycles. The number of amides is 1. The summed E-state index contributed by atoms with van der Waals surface area (Å²) in [4.78, 5) is 31.7. The molecule has 4 aromatic rings. The highest BCUT2D eigenvalue weighted by Gasteiger charge is 2.09. The lowest BCUT2D eigenvalue weighted by atomic mass is 10.1. The van der Waals surface area contributed by atoms with Gasteiger partial charge in [0.15, 0.2) is 0 Å². The Bertz CT molecular complexity index is 1210. The number of aromatic nitrogens is 3. The van der Waals surface area contributed by atoms with Crippen LogP contribution in [0.4, 0.5) is 0 Å². The number of aryl methyl sites for hydroxylation is 1. The monoisotopic (exact) mass is 376 g/mol. The van der Waals surface area contributed by atoms with E-state index in [9.17, 15) is 9.59 Å². The van der Waals surface area contributed by atoms with E-state index in [0.717, 1.165) is 16.7 Å². The van der Waals surface area contributed by atoms with Crippen LogP contribution in [0.15, 0.2) is 59.7 Å². The molecule has 0 aliphatic rings. The van der Waals surface area contributed by atoms with Crippen LogP contribution in [0.2, 0.25) is 0 Å². The second kappa shape index (κ2) is 7.56. The molecule has 0 fully saturated rings. The molecular formula is C21H20N4O3. The van der Waals surface area contributed by atoms with E-state index in [4.69, 9.17) is 4.74 Å². The molecule has 4 rings (SSSR count). The van der Waals surface area contributed by atoms with Crippen LogP contribution in [0.25, 0.3) is 16.4 Å². The van der Waals surface area contributed by atoms with E-state index in [1.54, 1.807) is 19.4 Å². The van der Waals surface area contributed by atoms with Crippen molar-refractivity contribution >= 4 is 22.3 Å². The van der Waals surface area contributed by atoms with Gasteiger partial charge in [-0.3, -0.25) is 9.59 Å². The van der Waals surface area contributed by atoms with Crippen molar-refractivity contribution < 1.29 is 9.53 Å². The van der Waals surface area contributed by atoms with E-state index >= 15 is 0 Å².